The molecule has 0 radical (unpaired) electrons. The van der Waals surface area contributed by atoms with Crippen LogP contribution in [0.5, 0.6) is 0 Å². The lowest BCUT2D eigenvalue weighted by atomic mass is 9.73. The van der Waals surface area contributed by atoms with E-state index in [4.69, 9.17) is 32.5 Å². The number of aliphatic hydroxyl groups is 1. The number of methoxy groups -OCH3 is 3. The summed E-state index contributed by atoms with van der Waals surface area (Å²) in [5.74, 6) is -6.79. The molecule has 1 N–H and O–H groups in total. The van der Waals surface area contributed by atoms with E-state index in [1.807, 2.05) is 26.8 Å². The molecule has 2 bridgehead atoms. The number of hydrogen-bond acceptors (Lipinski definition) is 12. The van der Waals surface area contributed by atoms with Gasteiger partial charge in [-0.1, -0.05) is 93.0 Å². The summed E-state index contributed by atoms with van der Waals surface area (Å²) < 4.78 is 46.4. The maximum Gasteiger partial charge on any atom is 0.329 e. The van der Waals surface area contributed by atoms with Crippen molar-refractivity contribution in [2.45, 2.75) is 257 Å². The number of amides is 1. The molecular weight excluding hydrogens is 971 g/mol. The van der Waals surface area contributed by atoms with Crippen molar-refractivity contribution in [1.29, 1.82) is 0 Å². The summed E-state index contributed by atoms with van der Waals surface area (Å²) in [4.78, 5) is 60.7. The summed E-state index contributed by atoms with van der Waals surface area (Å²) in [5, 5.41) is 12.1. The predicted octanol–water partition coefficient (Wildman–Crippen LogP) is 11.9. The molecular formula is C59H103NO12Si2. The minimum Gasteiger partial charge on any atom is -0.456 e. The second-order valence-electron chi connectivity index (χ2n) is 24.6. The molecule has 3 aliphatic heterocycles. The summed E-state index contributed by atoms with van der Waals surface area (Å²) in [6.45, 7) is 33.8. The molecule has 14 unspecified atom stereocenters. The summed E-state index contributed by atoms with van der Waals surface area (Å²) in [6, 6.07) is 1.99. The van der Waals surface area contributed by atoms with Crippen LogP contribution in [0.2, 0.25) is 36.3 Å². The van der Waals surface area contributed by atoms with Crippen LogP contribution in [0, 0.1) is 29.6 Å². The molecule has 424 valence electrons. The minimum atomic E-state index is -2.56. The van der Waals surface area contributed by atoms with E-state index in [0.717, 1.165) is 55.0 Å². The number of carbonyl (C=O) groups is 4. The van der Waals surface area contributed by atoms with Crippen molar-refractivity contribution < 1.29 is 56.8 Å². The first-order valence-corrected chi connectivity index (χ1v) is 34.0. The number of ether oxygens (including phenoxy) is 5. The summed E-state index contributed by atoms with van der Waals surface area (Å²) in [5.41, 5.74) is 1.43. The minimum absolute atomic E-state index is 0.0464. The van der Waals surface area contributed by atoms with Crippen LogP contribution in [-0.2, 0) is 51.7 Å². The van der Waals surface area contributed by atoms with Crippen molar-refractivity contribution in [3.63, 3.8) is 0 Å². The fourth-order valence-corrected chi connectivity index (χ4v) is 16.9. The molecule has 3 heterocycles. The van der Waals surface area contributed by atoms with Gasteiger partial charge in [0.15, 0.2) is 16.6 Å². The van der Waals surface area contributed by atoms with Crippen LogP contribution in [0.25, 0.3) is 0 Å². The van der Waals surface area contributed by atoms with E-state index in [9.17, 15) is 19.5 Å². The normalized spacial score (nSPS) is 36.1. The molecule has 4 rings (SSSR count). The van der Waals surface area contributed by atoms with Crippen LogP contribution in [0.1, 0.15) is 167 Å². The molecule has 1 saturated carbocycles. The van der Waals surface area contributed by atoms with Crippen molar-refractivity contribution in [1.82, 2.24) is 4.90 Å². The van der Waals surface area contributed by atoms with Crippen LogP contribution in [-0.4, -0.2) is 132 Å². The molecule has 13 nitrogen and oxygen atoms in total. The van der Waals surface area contributed by atoms with Crippen molar-refractivity contribution in [2.24, 2.45) is 29.6 Å². The van der Waals surface area contributed by atoms with E-state index >= 15 is 4.79 Å². The van der Waals surface area contributed by atoms with Crippen LogP contribution < -0.4 is 0 Å². The van der Waals surface area contributed by atoms with Gasteiger partial charge in [0, 0.05) is 52.0 Å². The molecule has 3 fully saturated rings. The molecule has 0 spiro atoms. The van der Waals surface area contributed by atoms with Crippen LogP contribution >= 0.6 is 0 Å². The van der Waals surface area contributed by atoms with Gasteiger partial charge in [0.05, 0.1) is 30.0 Å². The van der Waals surface area contributed by atoms with E-state index in [1.165, 1.54) is 4.90 Å². The highest BCUT2D eigenvalue weighted by Gasteiger charge is 2.57. The Morgan fingerprint density at radius 1 is 0.905 bits per heavy atom. The third-order valence-corrected chi connectivity index (χ3v) is 27.7. The standard InChI is InChI=1S/C59H103NO12Si2/c1-19-24-29-58(72-74(21-3,22-4)23-5)30-28-44(37-51(58)68-16)35-41(8)52-43(10)48(71-73(17,18)57(11,12)13)38-47(61)45(20-2)33-39(6)32-40(7)34-49(66-14)53-50(67-15)36-42(9)59(65,70-53)54(62)55(63)60-31-26-25-27-46(60)56(64)69-52/h19,33,35,40,42-46,48-53,65H,1,20-32,34,36-38H2,2-18H3/b39-33+,41-35?. The first-order chi connectivity index (χ1) is 34.7. The molecule has 0 aromatic heterocycles. The van der Waals surface area contributed by atoms with Crippen LogP contribution in [0.15, 0.2) is 36.0 Å². The zero-order valence-electron chi connectivity index (χ0n) is 49.3. The first-order valence-electron chi connectivity index (χ1n) is 28.6. The molecule has 1 aliphatic carbocycles. The lowest BCUT2D eigenvalue weighted by molar-refractivity contribution is -0.302. The fourth-order valence-electron chi connectivity index (χ4n) is 12.4. The maximum absolute atomic E-state index is 15.1. The number of ketones is 2. The predicted molar refractivity (Wildman–Crippen MR) is 299 cm³/mol. The summed E-state index contributed by atoms with van der Waals surface area (Å²) in [7, 11) is 0.311. The molecule has 0 aromatic carbocycles. The Labute approximate surface area is 450 Å². The average Bonchev–Trinajstić information content (AvgIpc) is 3.36. The summed E-state index contributed by atoms with van der Waals surface area (Å²) in [6.07, 6.45) is 10.2. The smallest absolute Gasteiger partial charge is 0.329 e. The van der Waals surface area contributed by atoms with Gasteiger partial charge < -0.3 is 42.5 Å². The molecule has 74 heavy (non-hydrogen) atoms. The highest BCUT2D eigenvalue weighted by Crippen LogP contribution is 2.46. The Bertz CT molecular complexity index is 1940. The highest BCUT2D eigenvalue weighted by molar-refractivity contribution is 6.74. The first kappa shape index (κ1) is 64.2. The Morgan fingerprint density at radius 3 is 2.11 bits per heavy atom. The van der Waals surface area contributed by atoms with Gasteiger partial charge in [-0.05, 0) is 145 Å². The van der Waals surface area contributed by atoms with E-state index < -0.39 is 94.1 Å². The van der Waals surface area contributed by atoms with Crippen molar-refractivity contribution >= 4 is 40.1 Å². The Kier molecular flexibility index (Phi) is 23.8. The van der Waals surface area contributed by atoms with Gasteiger partial charge in [-0.25, -0.2) is 4.79 Å². The third kappa shape index (κ3) is 15.1. The van der Waals surface area contributed by atoms with Gasteiger partial charge in [-0.3, -0.25) is 14.4 Å². The number of carbonyl (C=O) groups excluding carboxylic acids is 4. The number of nitrogens with zero attached hydrogens (tertiary/aromatic N) is 1. The van der Waals surface area contributed by atoms with E-state index in [-0.39, 0.29) is 60.5 Å². The molecule has 15 heteroatoms. The number of rotatable bonds is 16. The number of allylic oxidation sites excluding steroid dienone is 4. The van der Waals surface area contributed by atoms with E-state index in [1.54, 1.807) is 28.3 Å². The van der Waals surface area contributed by atoms with E-state index in [0.29, 0.717) is 38.5 Å². The van der Waals surface area contributed by atoms with Gasteiger partial charge in [-0.15, -0.1) is 6.58 Å². The molecule has 1 amide bonds. The zero-order valence-corrected chi connectivity index (χ0v) is 51.3. The Morgan fingerprint density at radius 2 is 1.54 bits per heavy atom. The molecule has 2 saturated heterocycles. The van der Waals surface area contributed by atoms with Crippen LogP contribution in [0.4, 0.5) is 0 Å². The lowest BCUT2D eigenvalue weighted by Crippen LogP contribution is -2.64. The second-order valence-corrected chi connectivity index (χ2v) is 34.0. The monoisotopic (exact) mass is 1070 g/mol. The number of hydrogen-bond donors (Lipinski definition) is 1. The highest BCUT2D eigenvalue weighted by atomic mass is 28.4. The quantitative estimate of drug-likeness (QED) is 0.0676. The SMILES string of the molecule is C=CCCC1(O[Si](CC)(CC)CC)CCC(C=C(C)C2OC(=O)C3CCCCN3C(=O)C(=O)C3(O)OC(C(OC)CC(C)C/C(C)=C/C(CC)C(=O)CC(O[Si](C)(C)C(C)(C)C)C2C)C(OC)CC3C)CC1OC. The number of esters is 1. The van der Waals surface area contributed by atoms with Crippen molar-refractivity contribution in [3.05, 3.63) is 36.0 Å². The van der Waals surface area contributed by atoms with Gasteiger partial charge in [-0.2, -0.15) is 0 Å². The number of Topliss-reactive ketones (excluding diaryl/α,β-unsaturated/α-hetero) is 2. The molecule has 0 aromatic rings. The van der Waals surface area contributed by atoms with E-state index in [2.05, 4.69) is 87.2 Å². The third-order valence-electron chi connectivity index (χ3n) is 18.5. The second kappa shape index (κ2) is 27.5. The van der Waals surface area contributed by atoms with Gasteiger partial charge in [0.2, 0.25) is 5.79 Å². The molecule has 4 aliphatic rings. The fraction of sp³-hybridized carbons (Fsp3) is 0.831. The van der Waals surface area contributed by atoms with Gasteiger partial charge in [0.25, 0.3) is 11.7 Å². The maximum atomic E-state index is 15.1. The number of fused-ring (bicyclic) bond motifs is 3. The van der Waals surface area contributed by atoms with Gasteiger partial charge >= 0.3 is 5.97 Å². The largest absolute Gasteiger partial charge is 0.456 e. The Hall–Kier alpha value is -2.35. The zero-order chi connectivity index (χ0) is 55.6. The summed E-state index contributed by atoms with van der Waals surface area (Å²) >= 11 is 0. The van der Waals surface area contributed by atoms with Crippen LogP contribution in [0.3, 0.4) is 0 Å². The lowest BCUT2D eigenvalue weighted by Gasteiger charge is -2.50. The topological polar surface area (TPSA) is 156 Å². The molecule has 14 atom stereocenters. The number of piperidine rings is 1. The van der Waals surface area contributed by atoms with Gasteiger partial charge in [0.1, 0.15) is 24.0 Å². The van der Waals surface area contributed by atoms with Crippen molar-refractivity contribution in [3.8, 4) is 0 Å². The average molecular weight is 1070 g/mol. The number of cyclic esters (lactones) is 1. The Balaban J connectivity index is 1.91. The van der Waals surface area contributed by atoms with Crippen molar-refractivity contribution in [2.75, 3.05) is 27.9 Å².